The SMILES string of the molecule is COc1cccc2c(-c3nc(Cl)ncc3C(=O)OC(C)C)cn(C)c12. The van der Waals surface area contributed by atoms with E-state index in [2.05, 4.69) is 9.97 Å². The molecule has 2 heterocycles. The molecule has 0 spiro atoms. The van der Waals surface area contributed by atoms with E-state index in [1.807, 2.05) is 36.0 Å². The van der Waals surface area contributed by atoms with Crippen molar-refractivity contribution in [2.75, 3.05) is 7.11 Å². The van der Waals surface area contributed by atoms with Gasteiger partial charge in [0.15, 0.2) is 0 Å². The fraction of sp³-hybridized carbons (Fsp3) is 0.278. The summed E-state index contributed by atoms with van der Waals surface area (Å²) in [6.07, 6.45) is 3.04. The Balaban J connectivity index is 2.25. The van der Waals surface area contributed by atoms with E-state index in [9.17, 15) is 4.79 Å². The number of rotatable bonds is 4. The predicted molar refractivity (Wildman–Crippen MR) is 96.1 cm³/mol. The molecule has 3 aromatic rings. The van der Waals surface area contributed by atoms with Crippen LogP contribution in [0, 0.1) is 0 Å². The number of hydrogen-bond acceptors (Lipinski definition) is 5. The third-order valence-electron chi connectivity index (χ3n) is 3.76. The number of para-hydroxylation sites is 1. The number of carbonyl (C=O) groups is 1. The number of methoxy groups -OCH3 is 1. The molecule has 0 amide bonds. The molecule has 0 aliphatic carbocycles. The van der Waals surface area contributed by atoms with Crippen molar-refractivity contribution < 1.29 is 14.3 Å². The minimum absolute atomic E-state index is 0.0657. The van der Waals surface area contributed by atoms with Crippen molar-refractivity contribution >= 4 is 28.5 Å². The van der Waals surface area contributed by atoms with Crippen LogP contribution < -0.4 is 4.74 Å². The second-order valence-electron chi connectivity index (χ2n) is 5.87. The molecule has 0 radical (unpaired) electrons. The first-order chi connectivity index (χ1) is 11.9. The van der Waals surface area contributed by atoms with Gasteiger partial charge in [0, 0.05) is 30.4 Å². The fourth-order valence-electron chi connectivity index (χ4n) is 2.78. The van der Waals surface area contributed by atoms with Crippen LogP contribution in [-0.2, 0) is 11.8 Å². The van der Waals surface area contributed by atoms with Crippen LogP contribution in [0.2, 0.25) is 5.28 Å². The van der Waals surface area contributed by atoms with Crippen molar-refractivity contribution in [2.24, 2.45) is 7.05 Å². The zero-order valence-corrected chi connectivity index (χ0v) is 15.2. The maximum atomic E-state index is 12.4. The molecule has 1 aromatic carbocycles. The Hall–Kier alpha value is -2.60. The lowest BCUT2D eigenvalue weighted by Crippen LogP contribution is -2.13. The summed E-state index contributed by atoms with van der Waals surface area (Å²) >= 11 is 5.99. The van der Waals surface area contributed by atoms with Crippen LogP contribution >= 0.6 is 11.6 Å². The summed E-state index contributed by atoms with van der Waals surface area (Å²) in [5, 5.41) is 0.964. The van der Waals surface area contributed by atoms with Gasteiger partial charge in [-0.05, 0) is 31.5 Å². The lowest BCUT2D eigenvalue weighted by atomic mass is 10.1. The van der Waals surface area contributed by atoms with Crippen molar-refractivity contribution in [1.82, 2.24) is 14.5 Å². The van der Waals surface area contributed by atoms with Crippen molar-refractivity contribution in [3.8, 4) is 17.0 Å². The summed E-state index contributed by atoms with van der Waals surface area (Å²) < 4.78 is 12.7. The molecule has 3 rings (SSSR count). The number of carbonyl (C=O) groups excluding carboxylic acids is 1. The highest BCUT2D eigenvalue weighted by Gasteiger charge is 2.22. The Morgan fingerprint density at radius 2 is 2.08 bits per heavy atom. The number of fused-ring (bicyclic) bond motifs is 1. The van der Waals surface area contributed by atoms with Crippen LogP contribution in [-0.4, -0.2) is 33.7 Å². The number of aromatic nitrogens is 3. The smallest absolute Gasteiger partial charge is 0.342 e. The fourth-order valence-corrected chi connectivity index (χ4v) is 2.91. The van der Waals surface area contributed by atoms with E-state index >= 15 is 0 Å². The van der Waals surface area contributed by atoms with Crippen molar-refractivity contribution in [3.05, 3.63) is 41.4 Å². The molecular formula is C18H18ClN3O3. The van der Waals surface area contributed by atoms with E-state index in [1.165, 1.54) is 6.20 Å². The Morgan fingerprint density at radius 1 is 1.32 bits per heavy atom. The Kier molecular flexibility index (Phi) is 4.63. The highest BCUT2D eigenvalue weighted by atomic mass is 35.5. The molecule has 7 heteroatoms. The van der Waals surface area contributed by atoms with Gasteiger partial charge in [-0.15, -0.1) is 0 Å². The summed E-state index contributed by atoms with van der Waals surface area (Å²) in [5.74, 6) is 0.249. The molecule has 0 saturated carbocycles. The number of aryl methyl sites for hydroxylation is 1. The van der Waals surface area contributed by atoms with Gasteiger partial charge in [-0.2, -0.15) is 0 Å². The van der Waals surface area contributed by atoms with E-state index in [0.717, 1.165) is 22.2 Å². The summed E-state index contributed by atoms with van der Waals surface area (Å²) in [6, 6.07) is 5.72. The van der Waals surface area contributed by atoms with Gasteiger partial charge in [0.2, 0.25) is 5.28 Å². The second kappa shape index (κ2) is 6.72. The molecular weight excluding hydrogens is 342 g/mol. The van der Waals surface area contributed by atoms with Gasteiger partial charge < -0.3 is 14.0 Å². The van der Waals surface area contributed by atoms with E-state index in [4.69, 9.17) is 21.1 Å². The first-order valence-corrected chi connectivity index (χ1v) is 8.16. The van der Waals surface area contributed by atoms with E-state index in [1.54, 1.807) is 21.0 Å². The van der Waals surface area contributed by atoms with Crippen molar-refractivity contribution in [3.63, 3.8) is 0 Å². The average Bonchev–Trinajstić information content (AvgIpc) is 2.91. The zero-order valence-electron chi connectivity index (χ0n) is 14.4. The average molecular weight is 360 g/mol. The number of nitrogens with zero attached hydrogens (tertiary/aromatic N) is 3. The maximum absolute atomic E-state index is 12.4. The molecule has 0 aliphatic rings. The molecule has 0 bridgehead atoms. The molecule has 0 fully saturated rings. The molecule has 0 atom stereocenters. The normalized spacial score (nSPS) is 11.1. The number of halogens is 1. The summed E-state index contributed by atoms with van der Waals surface area (Å²) in [6.45, 7) is 3.58. The second-order valence-corrected chi connectivity index (χ2v) is 6.20. The van der Waals surface area contributed by atoms with Crippen LogP contribution in [0.15, 0.2) is 30.6 Å². The largest absolute Gasteiger partial charge is 0.495 e. The van der Waals surface area contributed by atoms with Gasteiger partial charge >= 0.3 is 5.97 Å². The van der Waals surface area contributed by atoms with Crippen LogP contribution in [0.25, 0.3) is 22.2 Å². The summed E-state index contributed by atoms with van der Waals surface area (Å²) in [7, 11) is 3.53. The molecule has 0 saturated heterocycles. The molecule has 130 valence electrons. The zero-order chi connectivity index (χ0) is 18.1. The summed E-state index contributed by atoms with van der Waals surface area (Å²) in [4.78, 5) is 20.7. The lowest BCUT2D eigenvalue weighted by Gasteiger charge is -2.10. The van der Waals surface area contributed by atoms with Gasteiger partial charge in [-0.3, -0.25) is 0 Å². The molecule has 2 aromatic heterocycles. The topological polar surface area (TPSA) is 66.2 Å². The van der Waals surface area contributed by atoms with E-state index in [-0.39, 0.29) is 17.0 Å². The number of esters is 1. The van der Waals surface area contributed by atoms with Crippen LogP contribution in [0.5, 0.6) is 5.75 Å². The predicted octanol–water partition coefficient (Wildman–Crippen LogP) is 3.86. The first kappa shape index (κ1) is 17.2. The minimum atomic E-state index is -0.485. The first-order valence-electron chi connectivity index (χ1n) is 7.78. The van der Waals surface area contributed by atoms with Crippen LogP contribution in [0.4, 0.5) is 0 Å². The van der Waals surface area contributed by atoms with Gasteiger partial charge in [-0.1, -0.05) is 12.1 Å². The Labute approximate surface area is 150 Å². The van der Waals surface area contributed by atoms with Crippen LogP contribution in [0.3, 0.4) is 0 Å². The van der Waals surface area contributed by atoms with E-state index in [0.29, 0.717) is 5.69 Å². The molecule has 0 unspecified atom stereocenters. The quantitative estimate of drug-likeness (QED) is 0.522. The lowest BCUT2D eigenvalue weighted by molar-refractivity contribution is 0.0378. The Morgan fingerprint density at radius 3 is 2.76 bits per heavy atom. The molecule has 0 aliphatic heterocycles. The Bertz CT molecular complexity index is 950. The number of hydrogen-bond donors (Lipinski definition) is 0. The standard InChI is InChI=1S/C18H18ClN3O3/c1-10(2)25-17(23)12-8-20-18(19)21-15(12)13-9-22(3)16-11(13)6-5-7-14(16)24-4/h5-10H,1-4H3. The highest BCUT2D eigenvalue weighted by molar-refractivity contribution is 6.28. The van der Waals surface area contributed by atoms with E-state index < -0.39 is 5.97 Å². The van der Waals surface area contributed by atoms with Crippen LogP contribution in [0.1, 0.15) is 24.2 Å². The third kappa shape index (κ3) is 3.17. The van der Waals surface area contributed by atoms with Gasteiger partial charge in [0.05, 0.1) is 24.4 Å². The summed E-state index contributed by atoms with van der Waals surface area (Å²) in [5.41, 5.74) is 2.37. The van der Waals surface area contributed by atoms with Gasteiger partial charge in [0.1, 0.15) is 11.3 Å². The van der Waals surface area contributed by atoms with Gasteiger partial charge in [0.25, 0.3) is 0 Å². The monoisotopic (exact) mass is 359 g/mol. The maximum Gasteiger partial charge on any atom is 0.342 e. The molecule has 6 nitrogen and oxygen atoms in total. The number of benzene rings is 1. The van der Waals surface area contributed by atoms with Crippen molar-refractivity contribution in [2.45, 2.75) is 20.0 Å². The molecule has 25 heavy (non-hydrogen) atoms. The molecule has 0 N–H and O–H groups in total. The third-order valence-corrected chi connectivity index (χ3v) is 3.94. The minimum Gasteiger partial charge on any atom is -0.495 e. The highest BCUT2D eigenvalue weighted by Crippen LogP contribution is 2.36. The van der Waals surface area contributed by atoms with Gasteiger partial charge in [-0.25, -0.2) is 14.8 Å². The number of ether oxygens (including phenoxy) is 2. The van der Waals surface area contributed by atoms with Crippen molar-refractivity contribution in [1.29, 1.82) is 0 Å².